The van der Waals surface area contributed by atoms with Crippen LogP contribution in [-0.2, 0) is 9.59 Å². The predicted octanol–water partition coefficient (Wildman–Crippen LogP) is 2.41. The minimum absolute atomic E-state index is 0.194. The maximum Gasteiger partial charge on any atom is 0.234 e. The Morgan fingerprint density at radius 3 is 2.45 bits per heavy atom. The molecule has 1 aliphatic heterocycles. The van der Waals surface area contributed by atoms with Gasteiger partial charge in [-0.2, -0.15) is 0 Å². The molecule has 2 amide bonds. The molecular formula is C15H11NO4. The second kappa shape index (κ2) is 4.77. The SMILES string of the molecule is O=Cc1ccc(-c2cccc(N3C(=O)CCC3=O)c2)o1. The summed E-state index contributed by atoms with van der Waals surface area (Å²) in [6.45, 7) is 0. The molecule has 1 aromatic carbocycles. The first-order chi connectivity index (χ1) is 9.69. The summed E-state index contributed by atoms with van der Waals surface area (Å²) in [5.41, 5.74) is 1.24. The van der Waals surface area contributed by atoms with Gasteiger partial charge in [-0.15, -0.1) is 0 Å². The van der Waals surface area contributed by atoms with E-state index in [0.29, 0.717) is 23.3 Å². The van der Waals surface area contributed by atoms with Gasteiger partial charge in [-0.3, -0.25) is 19.3 Å². The van der Waals surface area contributed by atoms with Gasteiger partial charge < -0.3 is 4.42 Å². The van der Waals surface area contributed by atoms with E-state index < -0.39 is 0 Å². The smallest absolute Gasteiger partial charge is 0.234 e. The first kappa shape index (κ1) is 12.3. The number of amides is 2. The molecule has 5 heteroatoms. The Labute approximate surface area is 114 Å². The number of imide groups is 1. The second-order valence-electron chi connectivity index (χ2n) is 4.49. The number of nitrogens with zero attached hydrogens (tertiary/aromatic N) is 1. The van der Waals surface area contributed by atoms with Gasteiger partial charge in [0.25, 0.3) is 0 Å². The third-order valence-electron chi connectivity index (χ3n) is 3.18. The quantitative estimate of drug-likeness (QED) is 0.634. The van der Waals surface area contributed by atoms with Gasteiger partial charge >= 0.3 is 0 Å². The van der Waals surface area contributed by atoms with Gasteiger partial charge in [0, 0.05) is 18.4 Å². The monoisotopic (exact) mass is 269 g/mol. The highest BCUT2D eigenvalue weighted by Gasteiger charge is 2.30. The Balaban J connectivity index is 1.99. The molecule has 1 fully saturated rings. The average molecular weight is 269 g/mol. The molecule has 0 bridgehead atoms. The highest BCUT2D eigenvalue weighted by Crippen LogP contribution is 2.28. The molecule has 3 rings (SSSR count). The third kappa shape index (κ3) is 2.03. The minimum atomic E-state index is -0.194. The van der Waals surface area contributed by atoms with Gasteiger partial charge in [-0.1, -0.05) is 12.1 Å². The molecule has 1 aliphatic rings. The summed E-state index contributed by atoms with van der Waals surface area (Å²) in [5, 5.41) is 0. The van der Waals surface area contributed by atoms with Crippen LogP contribution in [0.1, 0.15) is 23.4 Å². The van der Waals surface area contributed by atoms with Gasteiger partial charge in [0.15, 0.2) is 12.0 Å². The van der Waals surface area contributed by atoms with Gasteiger partial charge in [-0.05, 0) is 24.3 Å². The van der Waals surface area contributed by atoms with Crippen LogP contribution in [0.15, 0.2) is 40.8 Å². The number of hydrogen-bond acceptors (Lipinski definition) is 4. The minimum Gasteiger partial charge on any atom is -0.453 e. The average Bonchev–Trinajstić information content (AvgIpc) is 3.06. The van der Waals surface area contributed by atoms with E-state index in [-0.39, 0.29) is 30.4 Å². The topological polar surface area (TPSA) is 67.6 Å². The van der Waals surface area contributed by atoms with Crippen LogP contribution < -0.4 is 4.90 Å². The fourth-order valence-corrected chi connectivity index (χ4v) is 2.23. The van der Waals surface area contributed by atoms with E-state index in [1.54, 1.807) is 36.4 Å². The summed E-state index contributed by atoms with van der Waals surface area (Å²) in [7, 11) is 0. The number of hydrogen-bond donors (Lipinski definition) is 0. The highest BCUT2D eigenvalue weighted by molar-refractivity contribution is 6.19. The molecule has 2 aromatic rings. The first-order valence-electron chi connectivity index (χ1n) is 6.20. The molecule has 0 unspecified atom stereocenters. The summed E-state index contributed by atoms with van der Waals surface area (Å²) >= 11 is 0. The van der Waals surface area contributed by atoms with Gasteiger partial charge in [0.1, 0.15) is 5.76 Å². The summed E-state index contributed by atoms with van der Waals surface area (Å²) in [6, 6.07) is 10.2. The number of benzene rings is 1. The van der Waals surface area contributed by atoms with Crippen molar-refractivity contribution in [1.82, 2.24) is 0 Å². The lowest BCUT2D eigenvalue weighted by atomic mass is 10.1. The van der Waals surface area contributed by atoms with E-state index in [1.807, 2.05) is 0 Å². The molecule has 0 spiro atoms. The van der Waals surface area contributed by atoms with Crippen LogP contribution in [0.4, 0.5) is 5.69 Å². The molecule has 5 nitrogen and oxygen atoms in total. The number of anilines is 1. The maximum absolute atomic E-state index is 11.7. The molecule has 20 heavy (non-hydrogen) atoms. The van der Waals surface area contributed by atoms with Crippen LogP contribution in [-0.4, -0.2) is 18.1 Å². The van der Waals surface area contributed by atoms with Crippen LogP contribution in [0.2, 0.25) is 0 Å². The van der Waals surface area contributed by atoms with Crippen molar-refractivity contribution >= 4 is 23.8 Å². The lowest BCUT2D eigenvalue weighted by molar-refractivity contribution is -0.121. The zero-order valence-corrected chi connectivity index (χ0v) is 10.5. The van der Waals surface area contributed by atoms with Gasteiger partial charge in [0.05, 0.1) is 5.69 Å². The number of aldehydes is 1. The fourth-order valence-electron chi connectivity index (χ4n) is 2.23. The fraction of sp³-hybridized carbons (Fsp3) is 0.133. The van der Waals surface area contributed by atoms with Crippen LogP contribution in [0.5, 0.6) is 0 Å². The molecule has 0 saturated carbocycles. The summed E-state index contributed by atoms with van der Waals surface area (Å²) in [4.78, 5) is 35.2. The summed E-state index contributed by atoms with van der Waals surface area (Å²) < 4.78 is 5.33. The molecule has 100 valence electrons. The van der Waals surface area contributed by atoms with Crippen LogP contribution in [0.3, 0.4) is 0 Å². The second-order valence-corrected chi connectivity index (χ2v) is 4.49. The Kier molecular flexibility index (Phi) is 2.95. The predicted molar refractivity (Wildman–Crippen MR) is 71.3 cm³/mol. The number of furan rings is 1. The van der Waals surface area contributed by atoms with Crippen molar-refractivity contribution in [3.05, 3.63) is 42.2 Å². The van der Waals surface area contributed by atoms with Crippen molar-refractivity contribution in [2.24, 2.45) is 0 Å². The van der Waals surface area contributed by atoms with Gasteiger partial charge in [0.2, 0.25) is 11.8 Å². The zero-order chi connectivity index (χ0) is 14.1. The zero-order valence-electron chi connectivity index (χ0n) is 10.5. The molecule has 0 atom stereocenters. The van der Waals surface area contributed by atoms with Gasteiger partial charge in [-0.25, -0.2) is 0 Å². The van der Waals surface area contributed by atoms with Crippen LogP contribution >= 0.6 is 0 Å². The lowest BCUT2D eigenvalue weighted by Crippen LogP contribution is -2.28. The van der Waals surface area contributed by atoms with E-state index in [4.69, 9.17) is 4.42 Å². The van der Waals surface area contributed by atoms with Crippen molar-refractivity contribution < 1.29 is 18.8 Å². The Morgan fingerprint density at radius 2 is 1.80 bits per heavy atom. The van der Waals surface area contributed by atoms with Crippen molar-refractivity contribution in [2.75, 3.05) is 4.90 Å². The molecular weight excluding hydrogens is 258 g/mol. The van der Waals surface area contributed by atoms with E-state index >= 15 is 0 Å². The molecule has 0 aliphatic carbocycles. The molecule has 0 N–H and O–H groups in total. The van der Waals surface area contributed by atoms with E-state index in [9.17, 15) is 14.4 Å². The van der Waals surface area contributed by atoms with Crippen LogP contribution in [0, 0.1) is 0 Å². The molecule has 1 saturated heterocycles. The number of carbonyl (C=O) groups is 3. The number of rotatable bonds is 3. The maximum atomic E-state index is 11.7. The third-order valence-corrected chi connectivity index (χ3v) is 3.18. The van der Waals surface area contributed by atoms with Crippen molar-refractivity contribution in [3.8, 4) is 11.3 Å². The van der Waals surface area contributed by atoms with Crippen molar-refractivity contribution in [1.29, 1.82) is 0 Å². The van der Waals surface area contributed by atoms with E-state index in [1.165, 1.54) is 4.90 Å². The molecule has 1 aromatic heterocycles. The Hall–Kier alpha value is -2.69. The Morgan fingerprint density at radius 1 is 1.05 bits per heavy atom. The summed E-state index contributed by atoms with van der Waals surface area (Å²) in [6.07, 6.45) is 1.12. The standard InChI is InChI=1S/C15H11NO4/c17-9-12-4-5-13(20-12)10-2-1-3-11(8-10)16-14(18)6-7-15(16)19/h1-5,8-9H,6-7H2. The highest BCUT2D eigenvalue weighted by atomic mass is 16.3. The van der Waals surface area contributed by atoms with Crippen LogP contribution in [0.25, 0.3) is 11.3 Å². The Bertz CT molecular complexity index is 685. The largest absolute Gasteiger partial charge is 0.453 e. The number of carbonyl (C=O) groups excluding carboxylic acids is 3. The molecule has 2 heterocycles. The molecule has 0 radical (unpaired) electrons. The van der Waals surface area contributed by atoms with Crippen molar-refractivity contribution in [3.63, 3.8) is 0 Å². The summed E-state index contributed by atoms with van der Waals surface area (Å²) in [5.74, 6) is 0.368. The van der Waals surface area contributed by atoms with Crippen molar-refractivity contribution in [2.45, 2.75) is 12.8 Å². The first-order valence-corrected chi connectivity index (χ1v) is 6.20. The van der Waals surface area contributed by atoms with E-state index in [0.717, 1.165) is 0 Å². The lowest BCUT2D eigenvalue weighted by Gasteiger charge is -2.14. The van der Waals surface area contributed by atoms with E-state index in [2.05, 4.69) is 0 Å². The normalized spacial score (nSPS) is 14.9.